The molecule has 1 aliphatic heterocycles. The maximum absolute atomic E-state index is 11.1. The van der Waals surface area contributed by atoms with E-state index in [1.165, 1.54) is 0 Å². The second-order valence-corrected chi connectivity index (χ2v) is 4.88. The first kappa shape index (κ1) is 11.0. The zero-order valence-electron chi connectivity index (χ0n) is 9.49. The Labute approximate surface area is 107 Å². The van der Waals surface area contributed by atoms with Gasteiger partial charge >= 0.3 is 5.97 Å². The van der Waals surface area contributed by atoms with Crippen molar-refractivity contribution in [2.24, 2.45) is 0 Å². The zero-order valence-corrected chi connectivity index (χ0v) is 10.3. The molecule has 18 heavy (non-hydrogen) atoms. The number of fused-ring (bicyclic) bond motifs is 1. The summed E-state index contributed by atoms with van der Waals surface area (Å²) in [6.45, 7) is 1.78. The molecule has 1 aliphatic rings. The standard InChI is InChI=1S/C11H10N4O2S/c1-6-12-11-13-7(10(16)17)5-8(15(11)14-6)9-3-2-4-18-9/h2-5,8H,1H3,(H,16,17)(H,12,13,14)/t8-/m1/s1. The van der Waals surface area contributed by atoms with Gasteiger partial charge in [0, 0.05) is 4.88 Å². The molecule has 3 rings (SSSR count). The number of nitrogens with one attached hydrogen (secondary N) is 1. The van der Waals surface area contributed by atoms with Crippen molar-refractivity contribution in [2.45, 2.75) is 13.0 Å². The predicted molar refractivity (Wildman–Crippen MR) is 66.6 cm³/mol. The summed E-state index contributed by atoms with van der Waals surface area (Å²) < 4.78 is 1.70. The van der Waals surface area contributed by atoms with E-state index >= 15 is 0 Å². The number of nitrogens with zero attached hydrogens (tertiary/aromatic N) is 3. The van der Waals surface area contributed by atoms with Crippen molar-refractivity contribution >= 4 is 23.3 Å². The molecule has 6 nitrogen and oxygen atoms in total. The highest BCUT2D eigenvalue weighted by atomic mass is 32.1. The maximum atomic E-state index is 11.1. The third-order valence-electron chi connectivity index (χ3n) is 2.64. The molecule has 0 amide bonds. The van der Waals surface area contributed by atoms with Crippen LogP contribution in [-0.4, -0.2) is 25.8 Å². The number of aromatic nitrogens is 3. The predicted octanol–water partition coefficient (Wildman–Crippen LogP) is 1.63. The Morgan fingerprint density at radius 3 is 3.11 bits per heavy atom. The lowest BCUT2D eigenvalue weighted by atomic mass is 10.2. The number of anilines is 1. The number of aliphatic carboxylic acids is 1. The minimum Gasteiger partial charge on any atom is -0.477 e. The first-order valence-corrected chi connectivity index (χ1v) is 6.22. The summed E-state index contributed by atoms with van der Waals surface area (Å²) in [6, 6.07) is 3.67. The van der Waals surface area contributed by atoms with Crippen LogP contribution in [0, 0.1) is 6.92 Å². The molecule has 92 valence electrons. The number of thiophene rings is 1. The number of aryl methyl sites for hydroxylation is 1. The molecule has 2 aromatic rings. The van der Waals surface area contributed by atoms with Gasteiger partial charge in [0.1, 0.15) is 17.6 Å². The van der Waals surface area contributed by atoms with Crippen molar-refractivity contribution in [3.63, 3.8) is 0 Å². The highest BCUT2D eigenvalue weighted by Crippen LogP contribution is 2.31. The summed E-state index contributed by atoms with van der Waals surface area (Å²) >= 11 is 1.56. The Hall–Kier alpha value is -2.15. The molecular formula is C11H10N4O2S. The molecular weight excluding hydrogens is 252 g/mol. The number of carboxylic acids is 1. The van der Waals surface area contributed by atoms with E-state index in [1.807, 2.05) is 17.5 Å². The van der Waals surface area contributed by atoms with Gasteiger partial charge in [0.25, 0.3) is 0 Å². The molecule has 0 aromatic carbocycles. The molecule has 0 unspecified atom stereocenters. The van der Waals surface area contributed by atoms with Crippen LogP contribution < -0.4 is 5.32 Å². The molecule has 1 atom stereocenters. The molecule has 0 fully saturated rings. The van der Waals surface area contributed by atoms with E-state index in [4.69, 9.17) is 5.11 Å². The van der Waals surface area contributed by atoms with Gasteiger partial charge in [0.05, 0.1) is 0 Å². The van der Waals surface area contributed by atoms with Gasteiger partial charge in [-0.2, -0.15) is 10.1 Å². The van der Waals surface area contributed by atoms with Crippen LogP contribution in [0.4, 0.5) is 5.95 Å². The van der Waals surface area contributed by atoms with Crippen molar-refractivity contribution in [2.75, 3.05) is 5.32 Å². The van der Waals surface area contributed by atoms with Gasteiger partial charge in [-0.15, -0.1) is 11.3 Å². The summed E-state index contributed by atoms with van der Waals surface area (Å²) in [7, 11) is 0. The van der Waals surface area contributed by atoms with Gasteiger partial charge < -0.3 is 10.4 Å². The second kappa shape index (κ2) is 3.95. The van der Waals surface area contributed by atoms with E-state index in [2.05, 4.69) is 15.4 Å². The highest BCUT2D eigenvalue weighted by Gasteiger charge is 2.26. The number of carboxylic acid groups (broad SMARTS) is 1. The van der Waals surface area contributed by atoms with E-state index in [0.717, 1.165) is 4.88 Å². The van der Waals surface area contributed by atoms with Gasteiger partial charge in [-0.1, -0.05) is 6.07 Å². The van der Waals surface area contributed by atoms with Crippen LogP contribution in [0.25, 0.3) is 0 Å². The zero-order chi connectivity index (χ0) is 12.7. The smallest absolute Gasteiger partial charge is 0.352 e. The Bertz CT molecular complexity index is 630. The van der Waals surface area contributed by atoms with Crippen LogP contribution in [0.3, 0.4) is 0 Å². The molecule has 0 saturated carbocycles. The van der Waals surface area contributed by atoms with Crippen LogP contribution >= 0.6 is 11.3 Å². The second-order valence-electron chi connectivity index (χ2n) is 3.90. The summed E-state index contributed by atoms with van der Waals surface area (Å²) in [6.07, 6.45) is 1.65. The Morgan fingerprint density at radius 2 is 2.44 bits per heavy atom. The van der Waals surface area contributed by atoms with Gasteiger partial charge in [-0.3, -0.25) is 0 Å². The average Bonchev–Trinajstić information content (AvgIpc) is 2.94. The monoisotopic (exact) mass is 262 g/mol. The van der Waals surface area contributed by atoms with Crippen molar-refractivity contribution < 1.29 is 9.90 Å². The van der Waals surface area contributed by atoms with Crippen LogP contribution in [0.5, 0.6) is 0 Å². The third kappa shape index (κ3) is 1.68. The summed E-state index contributed by atoms with van der Waals surface area (Å²) in [5.41, 5.74) is 0.133. The number of carbonyl (C=O) groups is 1. The highest BCUT2D eigenvalue weighted by molar-refractivity contribution is 7.10. The fourth-order valence-electron chi connectivity index (χ4n) is 1.89. The van der Waals surface area contributed by atoms with E-state index in [9.17, 15) is 4.79 Å². The number of hydrogen-bond acceptors (Lipinski definition) is 5. The maximum Gasteiger partial charge on any atom is 0.352 e. The Morgan fingerprint density at radius 1 is 1.61 bits per heavy atom. The quantitative estimate of drug-likeness (QED) is 0.859. The number of hydrogen-bond donors (Lipinski definition) is 2. The minimum absolute atomic E-state index is 0.133. The van der Waals surface area contributed by atoms with Gasteiger partial charge in [0.15, 0.2) is 0 Å². The van der Waals surface area contributed by atoms with Gasteiger partial charge in [0.2, 0.25) is 5.95 Å². The lowest BCUT2D eigenvalue weighted by molar-refractivity contribution is -0.132. The summed E-state index contributed by atoms with van der Waals surface area (Å²) in [5, 5.41) is 18.1. The van der Waals surface area contributed by atoms with Crippen LogP contribution in [0.1, 0.15) is 16.7 Å². The SMILES string of the molecule is Cc1nc2n(n1)[C@@H](c1cccs1)C=C(C(=O)O)N2. The molecule has 0 radical (unpaired) electrons. The fourth-order valence-corrected chi connectivity index (χ4v) is 2.67. The first-order valence-electron chi connectivity index (χ1n) is 5.34. The van der Waals surface area contributed by atoms with E-state index in [1.54, 1.807) is 29.0 Å². The van der Waals surface area contributed by atoms with Crippen molar-refractivity contribution in [3.8, 4) is 0 Å². The first-order chi connectivity index (χ1) is 8.65. The molecule has 0 spiro atoms. The van der Waals surface area contributed by atoms with E-state index < -0.39 is 5.97 Å². The summed E-state index contributed by atoms with van der Waals surface area (Å²) in [4.78, 5) is 16.3. The topological polar surface area (TPSA) is 80.0 Å². The minimum atomic E-state index is -0.997. The summed E-state index contributed by atoms with van der Waals surface area (Å²) in [5.74, 6) is 0.0772. The largest absolute Gasteiger partial charge is 0.477 e. The van der Waals surface area contributed by atoms with Gasteiger partial charge in [-0.25, -0.2) is 9.48 Å². The normalized spacial score (nSPS) is 17.8. The van der Waals surface area contributed by atoms with Crippen LogP contribution in [-0.2, 0) is 4.79 Å². The van der Waals surface area contributed by atoms with Crippen LogP contribution in [0.15, 0.2) is 29.3 Å². The Balaban J connectivity index is 2.12. The molecule has 0 aliphatic carbocycles. The van der Waals surface area contributed by atoms with Crippen LogP contribution in [0.2, 0.25) is 0 Å². The molecule has 2 aromatic heterocycles. The molecule has 2 N–H and O–H groups in total. The third-order valence-corrected chi connectivity index (χ3v) is 3.58. The molecule has 0 bridgehead atoms. The lowest BCUT2D eigenvalue weighted by Gasteiger charge is -2.21. The number of allylic oxidation sites excluding steroid dienone is 1. The van der Waals surface area contributed by atoms with Gasteiger partial charge in [-0.05, 0) is 24.4 Å². The Kier molecular flexibility index (Phi) is 2.41. The number of rotatable bonds is 2. The molecule has 7 heteroatoms. The van der Waals surface area contributed by atoms with E-state index in [-0.39, 0.29) is 11.7 Å². The molecule has 3 heterocycles. The molecule has 0 saturated heterocycles. The van der Waals surface area contributed by atoms with E-state index in [0.29, 0.717) is 11.8 Å². The fraction of sp³-hybridized carbons (Fsp3) is 0.182. The average molecular weight is 262 g/mol. The van der Waals surface area contributed by atoms with Crippen molar-refractivity contribution in [3.05, 3.63) is 40.0 Å². The lowest BCUT2D eigenvalue weighted by Crippen LogP contribution is -2.23. The van der Waals surface area contributed by atoms with Crippen molar-refractivity contribution in [1.82, 2.24) is 14.8 Å². The van der Waals surface area contributed by atoms with Crippen molar-refractivity contribution in [1.29, 1.82) is 0 Å².